The number of nitrogens with one attached hydrogen (secondary N) is 1. The number of carbonyl (C=O) groups excluding carboxylic acids is 1. The summed E-state index contributed by atoms with van der Waals surface area (Å²) < 4.78 is 5.10. The van der Waals surface area contributed by atoms with E-state index in [1.807, 2.05) is 23.1 Å². The van der Waals surface area contributed by atoms with E-state index in [4.69, 9.17) is 17.0 Å². The van der Waals surface area contributed by atoms with Crippen LogP contribution in [0.5, 0.6) is 0 Å². The first kappa shape index (κ1) is 16.9. The highest BCUT2D eigenvalue weighted by Gasteiger charge is 2.41. The van der Waals surface area contributed by atoms with Crippen LogP contribution in [0.1, 0.15) is 34.5 Å². The van der Waals surface area contributed by atoms with Gasteiger partial charge < -0.3 is 15.0 Å². The van der Waals surface area contributed by atoms with E-state index in [9.17, 15) is 4.79 Å². The molecule has 3 heterocycles. The van der Waals surface area contributed by atoms with Gasteiger partial charge in [0.05, 0.1) is 24.4 Å². The number of rotatable bonds is 5. The fourth-order valence-corrected chi connectivity index (χ4v) is 4.18. The molecule has 0 aromatic carbocycles. The summed E-state index contributed by atoms with van der Waals surface area (Å²) in [7, 11) is 0. The molecule has 7 heteroatoms. The van der Waals surface area contributed by atoms with Crippen molar-refractivity contribution >= 4 is 34.6 Å². The SMILES string of the molecule is CCOC(=O)CN1C(=S)NC(c2ccccn2)C1c1ccc(C)s1. The molecule has 5 nitrogen and oxygen atoms in total. The fourth-order valence-electron chi connectivity index (χ4n) is 2.84. The number of thiocarbonyl (C=S) groups is 1. The maximum atomic E-state index is 12.0. The number of carbonyl (C=O) groups is 1. The highest BCUT2D eigenvalue weighted by molar-refractivity contribution is 7.80. The predicted molar refractivity (Wildman–Crippen MR) is 97.8 cm³/mol. The van der Waals surface area contributed by atoms with Crippen molar-refractivity contribution in [1.29, 1.82) is 0 Å². The van der Waals surface area contributed by atoms with Crippen molar-refractivity contribution in [3.05, 3.63) is 52.0 Å². The third-order valence-electron chi connectivity index (χ3n) is 3.86. The normalized spacial score (nSPS) is 20.1. The molecule has 1 aliphatic rings. The maximum Gasteiger partial charge on any atom is 0.325 e. The smallest absolute Gasteiger partial charge is 0.325 e. The molecule has 1 saturated heterocycles. The number of hydrogen-bond acceptors (Lipinski definition) is 5. The van der Waals surface area contributed by atoms with Gasteiger partial charge >= 0.3 is 5.97 Å². The minimum absolute atomic E-state index is 0.0736. The fraction of sp³-hybridized carbons (Fsp3) is 0.353. The Labute approximate surface area is 150 Å². The second kappa shape index (κ2) is 7.27. The molecule has 3 rings (SSSR count). The van der Waals surface area contributed by atoms with E-state index in [-0.39, 0.29) is 24.6 Å². The molecule has 1 N–H and O–H groups in total. The zero-order valence-corrected chi connectivity index (χ0v) is 15.2. The molecule has 0 bridgehead atoms. The monoisotopic (exact) mass is 361 g/mol. The first-order chi connectivity index (χ1) is 11.6. The lowest BCUT2D eigenvalue weighted by Gasteiger charge is -2.25. The van der Waals surface area contributed by atoms with E-state index in [1.54, 1.807) is 24.5 Å². The summed E-state index contributed by atoms with van der Waals surface area (Å²) >= 11 is 7.20. The molecule has 2 unspecified atom stereocenters. The Balaban J connectivity index is 1.95. The van der Waals surface area contributed by atoms with Gasteiger partial charge in [0, 0.05) is 16.0 Å². The van der Waals surface area contributed by atoms with E-state index >= 15 is 0 Å². The number of hydrogen-bond donors (Lipinski definition) is 1. The first-order valence-corrected chi connectivity index (χ1v) is 9.02. The van der Waals surface area contributed by atoms with Crippen LogP contribution in [0, 0.1) is 6.92 Å². The molecule has 2 atom stereocenters. The summed E-state index contributed by atoms with van der Waals surface area (Å²) in [6.07, 6.45) is 1.77. The Bertz CT molecular complexity index is 732. The highest BCUT2D eigenvalue weighted by atomic mass is 32.1. The molecule has 0 spiro atoms. The summed E-state index contributed by atoms with van der Waals surface area (Å²) in [5.74, 6) is -0.276. The van der Waals surface area contributed by atoms with Gasteiger partial charge in [-0.2, -0.15) is 0 Å². The Morgan fingerprint density at radius 2 is 2.25 bits per heavy atom. The molecule has 0 aliphatic carbocycles. The van der Waals surface area contributed by atoms with Gasteiger partial charge in [0.2, 0.25) is 0 Å². The van der Waals surface area contributed by atoms with Crippen LogP contribution in [0.3, 0.4) is 0 Å². The van der Waals surface area contributed by atoms with Gasteiger partial charge in [0.15, 0.2) is 5.11 Å². The van der Waals surface area contributed by atoms with Gasteiger partial charge in [0.1, 0.15) is 6.54 Å². The van der Waals surface area contributed by atoms with Crippen molar-refractivity contribution in [2.45, 2.75) is 25.9 Å². The Morgan fingerprint density at radius 3 is 2.88 bits per heavy atom. The zero-order valence-electron chi connectivity index (χ0n) is 13.6. The molecule has 2 aromatic heterocycles. The summed E-state index contributed by atoms with van der Waals surface area (Å²) in [5.41, 5.74) is 0.905. The van der Waals surface area contributed by atoms with Crippen LogP contribution in [0.15, 0.2) is 36.5 Å². The molecule has 0 radical (unpaired) electrons. The van der Waals surface area contributed by atoms with E-state index in [0.717, 1.165) is 10.6 Å². The molecule has 24 heavy (non-hydrogen) atoms. The average Bonchev–Trinajstić information content (AvgIpc) is 3.13. The largest absolute Gasteiger partial charge is 0.465 e. The van der Waals surface area contributed by atoms with E-state index in [0.29, 0.717) is 11.7 Å². The second-order valence-corrected chi connectivity index (χ2v) is 7.21. The van der Waals surface area contributed by atoms with Gasteiger partial charge in [-0.3, -0.25) is 9.78 Å². The molecular weight excluding hydrogens is 342 g/mol. The number of esters is 1. The molecule has 2 aromatic rings. The van der Waals surface area contributed by atoms with Gasteiger partial charge in [-0.15, -0.1) is 11.3 Å². The summed E-state index contributed by atoms with van der Waals surface area (Å²) in [6.45, 7) is 4.36. The number of pyridine rings is 1. The van der Waals surface area contributed by atoms with Crippen LogP contribution in [0.25, 0.3) is 0 Å². The van der Waals surface area contributed by atoms with E-state index in [2.05, 4.69) is 29.4 Å². The Kier molecular flexibility index (Phi) is 5.11. The molecule has 126 valence electrons. The van der Waals surface area contributed by atoms with Crippen molar-refractivity contribution in [2.24, 2.45) is 0 Å². The maximum absolute atomic E-state index is 12.0. The third kappa shape index (κ3) is 3.42. The van der Waals surface area contributed by atoms with Gasteiger partial charge in [-0.1, -0.05) is 6.07 Å². The van der Waals surface area contributed by atoms with Crippen molar-refractivity contribution in [3.8, 4) is 0 Å². The van der Waals surface area contributed by atoms with Crippen LogP contribution in [-0.4, -0.2) is 34.1 Å². The summed E-state index contributed by atoms with van der Waals surface area (Å²) in [5, 5.41) is 3.87. The second-order valence-electron chi connectivity index (χ2n) is 5.51. The van der Waals surface area contributed by atoms with Crippen molar-refractivity contribution in [2.75, 3.05) is 13.2 Å². The lowest BCUT2D eigenvalue weighted by atomic mass is 10.0. The molecular formula is C17H19N3O2S2. The number of nitrogens with zero attached hydrogens (tertiary/aromatic N) is 2. The van der Waals surface area contributed by atoms with Gasteiger partial charge in [-0.05, 0) is 50.3 Å². The lowest BCUT2D eigenvalue weighted by molar-refractivity contribution is -0.143. The summed E-state index contributed by atoms with van der Waals surface area (Å²) in [4.78, 5) is 20.7. The number of aryl methyl sites for hydroxylation is 1. The molecule has 0 saturated carbocycles. The minimum Gasteiger partial charge on any atom is -0.465 e. The highest BCUT2D eigenvalue weighted by Crippen LogP contribution is 2.40. The van der Waals surface area contributed by atoms with Crippen molar-refractivity contribution in [1.82, 2.24) is 15.2 Å². The standard InChI is InChI=1S/C17H19N3O2S2/c1-3-22-14(21)10-20-16(13-8-7-11(2)24-13)15(19-17(20)23)12-6-4-5-9-18-12/h4-9,15-16H,3,10H2,1-2H3,(H,19,23). The van der Waals surface area contributed by atoms with Crippen molar-refractivity contribution in [3.63, 3.8) is 0 Å². The lowest BCUT2D eigenvalue weighted by Crippen LogP contribution is -2.35. The van der Waals surface area contributed by atoms with Crippen LogP contribution >= 0.6 is 23.6 Å². The van der Waals surface area contributed by atoms with Crippen molar-refractivity contribution < 1.29 is 9.53 Å². The quantitative estimate of drug-likeness (QED) is 0.653. The van der Waals surface area contributed by atoms with Gasteiger partial charge in [-0.25, -0.2) is 0 Å². The van der Waals surface area contributed by atoms with Crippen LogP contribution in [0.2, 0.25) is 0 Å². The topological polar surface area (TPSA) is 54.5 Å². The van der Waals surface area contributed by atoms with Crippen LogP contribution in [-0.2, 0) is 9.53 Å². The van der Waals surface area contributed by atoms with Crippen LogP contribution < -0.4 is 5.32 Å². The molecule has 1 fully saturated rings. The molecule has 1 aliphatic heterocycles. The van der Waals surface area contributed by atoms with E-state index < -0.39 is 0 Å². The number of aromatic nitrogens is 1. The van der Waals surface area contributed by atoms with E-state index in [1.165, 1.54) is 4.88 Å². The third-order valence-corrected chi connectivity index (χ3v) is 5.28. The first-order valence-electron chi connectivity index (χ1n) is 7.80. The average molecular weight is 361 g/mol. The summed E-state index contributed by atoms with van der Waals surface area (Å²) in [6, 6.07) is 9.83. The minimum atomic E-state index is -0.276. The number of ether oxygens (including phenoxy) is 1. The molecule has 0 amide bonds. The Morgan fingerprint density at radius 1 is 1.42 bits per heavy atom. The number of thiophene rings is 1. The van der Waals surface area contributed by atoms with Gasteiger partial charge in [0.25, 0.3) is 0 Å². The Hall–Kier alpha value is -1.99. The van der Waals surface area contributed by atoms with Crippen LogP contribution in [0.4, 0.5) is 0 Å². The zero-order chi connectivity index (χ0) is 17.1. The predicted octanol–water partition coefficient (Wildman–Crippen LogP) is 2.99.